The molecule has 0 radical (unpaired) electrons. The smallest absolute Gasteiger partial charge is 0.239 e. The Morgan fingerprint density at radius 3 is 2.19 bits per heavy atom. The molecule has 3 amide bonds. The number of nitrogens with two attached hydrogens (primary N) is 1. The summed E-state index contributed by atoms with van der Waals surface area (Å²) in [4.78, 5) is 37.5. The fraction of sp³-hybridized carbons (Fsp3) is 0.824. The number of rotatable bonds is 9. The Bertz CT molecular complexity index is 458. The highest BCUT2D eigenvalue weighted by Crippen LogP contribution is 2.09. The molecule has 1 aliphatic heterocycles. The van der Waals surface area contributed by atoms with Crippen molar-refractivity contribution in [2.75, 3.05) is 32.7 Å². The van der Waals surface area contributed by atoms with Crippen molar-refractivity contribution in [3.63, 3.8) is 0 Å². The summed E-state index contributed by atoms with van der Waals surface area (Å²) >= 11 is 0. The lowest BCUT2D eigenvalue weighted by Crippen LogP contribution is -2.51. The summed E-state index contributed by atoms with van der Waals surface area (Å²) in [6.45, 7) is 8.35. The summed E-state index contributed by atoms with van der Waals surface area (Å²) in [5.41, 5.74) is 5.73. The van der Waals surface area contributed by atoms with Crippen molar-refractivity contribution in [1.29, 1.82) is 0 Å². The second-order valence-corrected chi connectivity index (χ2v) is 6.96. The van der Waals surface area contributed by atoms with Gasteiger partial charge in [-0.25, -0.2) is 0 Å². The molecule has 8 nitrogen and oxygen atoms in total. The van der Waals surface area contributed by atoms with Gasteiger partial charge in [0.25, 0.3) is 0 Å². The van der Waals surface area contributed by atoms with Crippen LogP contribution in [0.3, 0.4) is 0 Å². The first kappa shape index (κ1) is 28.1. The van der Waals surface area contributed by atoms with E-state index >= 15 is 0 Å². The normalized spacial score (nSPS) is 15.9. The summed E-state index contributed by atoms with van der Waals surface area (Å²) < 4.78 is 0. The molecule has 1 rings (SSSR count). The maximum Gasteiger partial charge on any atom is 0.239 e. The molecule has 27 heavy (non-hydrogen) atoms. The maximum atomic E-state index is 11.9. The summed E-state index contributed by atoms with van der Waals surface area (Å²) in [5.74, 6) is -0.433. The number of halogens is 2. The van der Waals surface area contributed by atoms with Gasteiger partial charge in [0.1, 0.15) is 0 Å². The first-order valence-corrected chi connectivity index (χ1v) is 9.15. The van der Waals surface area contributed by atoms with Gasteiger partial charge in [0, 0.05) is 25.7 Å². The molecular formula is C17H35Cl2N5O3. The largest absolute Gasteiger partial charge is 0.355 e. The SMILES string of the molecule is CCCNC(=O)CN1CCC(NC(=O)CNC(=O)[C@@H](N)C(C)C)CC1.Cl.Cl. The number of nitrogens with one attached hydrogen (secondary N) is 3. The first-order chi connectivity index (χ1) is 11.8. The average Bonchev–Trinajstić information content (AvgIpc) is 2.58. The van der Waals surface area contributed by atoms with E-state index in [4.69, 9.17) is 5.73 Å². The van der Waals surface area contributed by atoms with E-state index in [9.17, 15) is 14.4 Å². The molecule has 0 aromatic heterocycles. The molecule has 1 aliphatic rings. The topological polar surface area (TPSA) is 117 Å². The number of piperidine rings is 1. The van der Waals surface area contributed by atoms with Crippen LogP contribution in [0.2, 0.25) is 0 Å². The first-order valence-electron chi connectivity index (χ1n) is 9.15. The molecule has 0 spiro atoms. The molecule has 0 unspecified atom stereocenters. The van der Waals surface area contributed by atoms with Crippen LogP contribution >= 0.6 is 24.8 Å². The van der Waals surface area contributed by atoms with Crippen LogP contribution in [0.1, 0.15) is 40.0 Å². The molecular weight excluding hydrogens is 393 g/mol. The van der Waals surface area contributed by atoms with E-state index in [0.717, 1.165) is 32.4 Å². The molecule has 1 saturated heterocycles. The third-order valence-corrected chi connectivity index (χ3v) is 4.34. The van der Waals surface area contributed by atoms with Gasteiger partial charge in [-0.1, -0.05) is 20.8 Å². The number of amides is 3. The molecule has 0 saturated carbocycles. The van der Waals surface area contributed by atoms with Crippen LogP contribution in [0.15, 0.2) is 0 Å². The molecule has 0 aromatic rings. The number of hydrogen-bond acceptors (Lipinski definition) is 5. The van der Waals surface area contributed by atoms with Crippen molar-refractivity contribution in [2.45, 2.75) is 52.1 Å². The Kier molecular flexibility index (Phi) is 15.5. The van der Waals surface area contributed by atoms with E-state index in [1.165, 1.54) is 0 Å². The van der Waals surface area contributed by atoms with Gasteiger partial charge in [-0.3, -0.25) is 19.3 Å². The molecule has 0 aliphatic carbocycles. The minimum atomic E-state index is -0.602. The van der Waals surface area contributed by atoms with Crippen molar-refractivity contribution in [3.8, 4) is 0 Å². The molecule has 160 valence electrons. The molecule has 5 N–H and O–H groups in total. The van der Waals surface area contributed by atoms with E-state index in [0.29, 0.717) is 13.1 Å². The summed E-state index contributed by atoms with van der Waals surface area (Å²) in [7, 11) is 0. The summed E-state index contributed by atoms with van der Waals surface area (Å²) in [6, 6.07) is -0.520. The maximum absolute atomic E-state index is 11.9. The number of carbonyl (C=O) groups excluding carboxylic acids is 3. The van der Waals surface area contributed by atoms with Crippen LogP contribution in [0.5, 0.6) is 0 Å². The van der Waals surface area contributed by atoms with E-state index < -0.39 is 6.04 Å². The van der Waals surface area contributed by atoms with Crippen molar-refractivity contribution in [1.82, 2.24) is 20.9 Å². The number of nitrogens with zero attached hydrogens (tertiary/aromatic N) is 1. The Morgan fingerprint density at radius 1 is 1.07 bits per heavy atom. The van der Waals surface area contributed by atoms with Crippen LogP contribution < -0.4 is 21.7 Å². The van der Waals surface area contributed by atoms with Gasteiger partial charge >= 0.3 is 0 Å². The monoisotopic (exact) mass is 427 g/mol. The van der Waals surface area contributed by atoms with Gasteiger partial charge in [-0.05, 0) is 25.2 Å². The zero-order chi connectivity index (χ0) is 18.8. The quantitative estimate of drug-likeness (QED) is 0.414. The van der Waals surface area contributed by atoms with Crippen LogP contribution in [0.4, 0.5) is 0 Å². The highest BCUT2D eigenvalue weighted by atomic mass is 35.5. The lowest BCUT2D eigenvalue weighted by Gasteiger charge is -2.31. The third-order valence-electron chi connectivity index (χ3n) is 4.34. The van der Waals surface area contributed by atoms with Gasteiger partial charge in [-0.15, -0.1) is 24.8 Å². The van der Waals surface area contributed by atoms with E-state index in [1.807, 2.05) is 20.8 Å². The van der Waals surface area contributed by atoms with Gasteiger partial charge in [0.2, 0.25) is 17.7 Å². The minimum absolute atomic E-state index is 0. The summed E-state index contributed by atoms with van der Waals surface area (Å²) in [5, 5.41) is 8.36. The van der Waals surface area contributed by atoms with Gasteiger partial charge in [0.15, 0.2) is 0 Å². The molecule has 1 fully saturated rings. The van der Waals surface area contributed by atoms with E-state index in [1.54, 1.807) is 0 Å². The Hall–Kier alpha value is -1.09. The van der Waals surface area contributed by atoms with Crippen LogP contribution in [-0.2, 0) is 14.4 Å². The molecule has 0 bridgehead atoms. The standard InChI is InChI=1S/C17H33N5O3.2ClH/c1-4-7-19-15(24)11-22-8-5-13(6-9-22)21-14(23)10-20-17(25)16(18)12(2)3;;/h12-13,16H,4-11,18H2,1-3H3,(H,19,24)(H,20,25)(H,21,23);2*1H/t16-;;/m0../s1. The number of hydrogen-bond donors (Lipinski definition) is 4. The lowest BCUT2D eigenvalue weighted by molar-refractivity contribution is -0.127. The van der Waals surface area contributed by atoms with Crippen LogP contribution in [-0.4, -0.2) is 67.4 Å². The summed E-state index contributed by atoms with van der Waals surface area (Å²) in [6.07, 6.45) is 2.52. The Labute approximate surface area is 174 Å². The predicted octanol–water partition coefficient (Wildman–Crippen LogP) is 0.0363. The van der Waals surface area contributed by atoms with Crippen molar-refractivity contribution in [3.05, 3.63) is 0 Å². The predicted molar refractivity (Wildman–Crippen MR) is 111 cm³/mol. The van der Waals surface area contributed by atoms with Gasteiger partial charge < -0.3 is 21.7 Å². The number of likely N-dealkylation sites (tertiary alicyclic amines) is 1. The highest BCUT2D eigenvalue weighted by Gasteiger charge is 2.23. The second kappa shape index (κ2) is 14.9. The molecule has 1 heterocycles. The number of carbonyl (C=O) groups is 3. The fourth-order valence-corrected chi connectivity index (χ4v) is 2.63. The lowest BCUT2D eigenvalue weighted by atomic mass is 10.0. The van der Waals surface area contributed by atoms with Gasteiger partial charge in [-0.2, -0.15) is 0 Å². The van der Waals surface area contributed by atoms with Crippen LogP contribution in [0, 0.1) is 5.92 Å². The van der Waals surface area contributed by atoms with Crippen molar-refractivity contribution >= 4 is 42.5 Å². The molecule has 0 aromatic carbocycles. The minimum Gasteiger partial charge on any atom is -0.355 e. The Morgan fingerprint density at radius 2 is 1.67 bits per heavy atom. The molecule has 1 atom stereocenters. The fourth-order valence-electron chi connectivity index (χ4n) is 2.63. The average molecular weight is 428 g/mol. The van der Waals surface area contributed by atoms with E-state index in [-0.39, 0.29) is 61.0 Å². The van der Waals surface area contributed by atoms with Crippen LogP contribution in [0.25, 0.3) is 0 Å². The highest BCUT2D eigenvalue weighted by molar-refractivity contribution is 5.87. The van der Waals surface area contributed by atoms with Crippen molar-refractivity contribution in [2.24, 2.45) is 11.7 Å². The Balaban J connectivity index is 0. The van der Waals surface area contributed by atoms with Crippen molar-refractivity contribution < 1.29 is 14.4 Å². The van der Waals surface area contributed by atoms with E-state index in [2.05, 4.69) is 20.9 Å². The van der Waals surface area contributed by atoms with Gasteiger partial charge in [0.05, 0.1) is 19.1 Å². The zero-order valence-corrected chi connectivity index (χ0v) is 18.1. The molecule has 10 heteroatoms. The second-order valence-electron chi connectivity index (χ2n) is 6.96. The third kappa shape index (κ3) is 11.4. The zero-order valence-electron chi connectivity index (χ0n) is 16.5.